The summed E-state index contributed by atoms with van der Waals surface area (Å²) in [7, 11) is 0. The summed E-state index contributed by atoms with van der Waals surface area (Å²) in [6, 6.07) is 7.87. The Morgan fingerprint density at radius 1 is 1.35 bits per heavy atom. The molecule has 2 aliphatic rings. The molecule has 0 atom stereocenters. The van der Waals surface area contributed by atoms with Crippen LogP contribution in [-0.2, 0) is 11.3 Å². The number of amides is 2. The van der Waals surface area contributed by atoms with Gasteiger partial charge in [0.1, 0.15) is 6.54 Å². The minimum Gasteiger partial charge on any atom is -0.352 e. The third-order valence-electron chi connectivity index (χ3n) is 3.17. The Hall–Kier alpha value is -1.84. The summed E-state index contributed by atoms with van der Waals surface area (Å²) in [5.74, 6) is -0.0831. The third kappa shape index (κ3) is 2.02. The van der Waals surface area contributed by atoms with E-state index in [1.807, 2.05) is 24.3 Å². The highest BCUT2D eigenvalue weighted by atomic mass is 16.2. The lowest BCUT2D eigenvalue weighted by Crippen LogP contribution is -2.38. The minimum absolute atomic E-state index is 0.0356. The van der Waals surface area contributed by atoms with Gasteiger partial charge >= 0.3 is 0 Å². The van der Waals surface area contributed by atoms with E-state index in [1.165, 1.54) is 0 Å². The van der Waals surface area contributed by atoms with Gasteiger partial charge in [0, 0.05) is 18.2 Å². The molecule has 2 amide bonds. The standard InChI is InChI=1S/C13H14N2O2/c16-12(14-10-5-6-10)8-15-7-9-3-1-2-4-11(9)13(15)17/h1-4,10H,5-8H2,(H,14,16). The fraction of sp³-hybridized carbons (Fsp3) is 0.385. The van der Waals surface area contributed by atoms with Gasteiger partial charge in [0.05, 0.1) is 0 Å². The molecule has 3 rings (SSSR count). The van der Waals surface area contributed by atoms with Gasteiger partial charge in [-0.3, -0.25) is 9.59 Å². The van der Waals surface area contributed by atoms with Gasteiger partial charge in [-0.25, -0.2) is 0 Å². The first-order chi connectivity index (χ1) is 8.24. The van der Waals surface area contributed by atoms with Gasteiger partial charge < -0.3 is 10.2 Å². The van der Waals surface area contributed by atoms with Crippen LogP contribution in [0.4, 0.5) is 0 Å². The molecule has 1 aliphatic heterocycles. The van der Waals surface area contributed by atoms with E-state index in [2.05, 4.69) is 5.32 Å². The molecule has 88 valence electrons. The van der Waals surface area contributed by atoms with Crippen molar-refractivity contribution >= 4 is 11.8 Å². The zero-order chi connectivity index (χ0) is 11.8. The topological polar surface area (TPSA) is 49.4 Å². The maximum atomic E-state index is 12.0. The van der Waals surface area contributed by atoms with Crippen molar-refractivity contribution in [1.29, 1.82) is 0 Å². The molecule has 0 bridgehead atoms. The third-order valence-corrected chi connectivity index (χ3v) is 3.17. The summed E-state index contributed by atoms with van der Waals surface area (Å²) in [5.41, 5.74) is 1.74. The average Bonchev–Trinajstić information content (AvgIpc) is 3.06. The van der Waals surface area contributed by atoms with E-state index in [9.17, 15) is 9.59 Å². The second kappa shape index (κ2) is 3.87. The number of rotatable bonds is 3. The number of fused-ring (bicyclic) bond motifs is 1. The number of nitrogens with zero attached hydrogens (tertiary/aromatic N) is 1. The van der Waals surface area contributed by atoms with Crippen molar-refractivity contribution in [3.63, 3.8) is 0 Å². The Balaban J connectivity index is 1.66. The fourth-order valence-corrected chi connectivity index (χ4v) is 2.12. The van der Waals surface area contributed by atoms with Crippen LogP contribution in [0.5, 0.6) is 0 Å². The lowest BCUT2D eigenvalue weighted by Gasteiger charge is -2.14. The van der Waals surface area contributed by atoms with Gasteiger partial charge in [0.15, 0.2) is 0 Å². The summed E-state index contributed by atoms with van der Waals surface area (Å²) >= 11 is 0. The molecular weight excluding hydrogens is 216 g/mol. The predicted molar refractivity (Wildman–Crippen MR) is 62.3 cm³/mol. The van der Waals surface area contributed by atoms with Gasteiger partial charge in [0.2, 0.25) is 5.91 Å². The Morgan fingerprint density at radius 2 is 2.12 bits per heavy atom. The zero-order valence-corrected chi connectivity index (χ0v) is 9.48. The molecule has 17 heavy (non-hydrogen) atoms. The van der Waals surface area contributed by atoms with E-state index in [1.54, 1.807) is 4.90 Å². The summed E-state index contributed by atoms with van der Waals surface area (Å²) in [4.78, 5) is 25.2. The van der Waals surface area contributed by atoms with Gasteiger partial charge in [-0.2, -0.15) is 0 Å². The van der Waals surface area contributed by atoms with Crippen molar-refractivity contribution in [3.05, 3.63) is 35.4 Å². The van der Waals surface area contributed by atoms with Crippen molar-refractivity contribution in [3.8, 4) is 0 Å². The quantitative estimate of drug-likeness (QED) is 0.839. The van der Waals surface area contributed by atoms with E-state index in [0.717, 1.165) is 24.0 Å². The molecule has 0 saturated heterocycles. The minimum atomic E-state index is -0.0475. The predicted octanol–water partition coefficient (Wildman–Crippen LogP) is 0.921. The summed E-state index contributed by atoms with van der Waals surface area (Å²) in [5, 5.41) is 2.90. The van der Waals surface area contributed by atoms with Crippen LogP contribution in [0, 0.1) is 0 Å². The molecule has 1 N–H and O–H groups in total. The fourth-order valence-electron chi connectivity index (χ4n) is 2.12. The maximum Gasteiger partial charge on any atom is 0.254 e. The highest BCUT2D eigenvalue weighted by molar-refractivity contribution is 6.00. The first-order valence-electron chi connectivity index (χ1n) is 5.90. The first-order valence-corrected chi connectivity index (χ1v) is 5.90. The lowest BCUT2D eigenvalue weighted by atomic mass is 10.1. The van der Waals surface area contributed by atoms with Crippen molar-refractivity contribution < 1.29 is 9.59 Å². The summed E-state index contributed by atoms with van der Waals surface area (Å²) in [6.45, 7) is 0.719. The number of hydrogen-bond donors (Lipinski definition) is 1. The number of benzene rings is 1. The van der Waals surface area contributed by atoms with Crippen LogP contribution < -0.4 is 5.32 Å². The molecule has 1 aromatic carbocycles. The summed E-state index contributed by atoms with van der Waals surface area (Å²) in [6.07, 6.45) is 2.14. The molecular formula is C13H14N2O2. The SMILES string of the molecule is O=C(CN1Cc2ccccc2C1=O)NC1CC1. The van der Waals surface area contributed by atoms with Gasteiger partial charge in [-0.05, 0) is 24.5 Å². The maximum absolute atomic E-state index is 12.0. The van der Waals surface area contributed by atoms with Gasteiger partial charge in [-0.15, -0.1) is 0 Å². The number of carbonyl (C=O) groups is 2. The van der Waals surface area contributed by atoms with Crippen molar-refractivity contribution in [2.45, 2.75) is 25.4 Å². The normalized spacial score (nSPS) is 18.1. The molecule has 1 aromatic rings. The molecule has 0 aromatic heterocycles. The second-order valence-electron chi connectivity index (χ2n) is 4.66. The van der Waals surface area contributed by atoms with Crippen LogP contribution in [0.25, 0.3) is 0 Å². The Morgan fingerprint density at radius 3 is 2.82 bits per heavy atom. The molecule has 1 aliphatic carbocycles. The smallest absolute Gasteiger partial charge is 0.254 e. The Bertz CT molecular complexity index is 480. The molecule has 4 heteroatoms. The Labute approximate surface area is 99.6 Å². The highest BCUT2D eigenvalue weighted by Gasteiger charge is 2.30. The van der Waals surface area contributed by atoms with E-state index in [0.29, 0.717) is 12.6 Å². The van der Waals surface area contributed by atoms with Gasteiger partial charge in [-0.1, -0.05) is 18.2 Å². The molecule has 0 unspecified atom stereocenters. The lowest BCUT2D eigenvalue weighted by molar-refractivity contribution is -0.121. The van der Waals surface area contributed by atoms with E-state index in [-0.39, 0.29) is 18.4 Å². The summed E-state index contributed by atoms with van der Waals surface area (Å²) < 4.78 is 0. The average molecular weight is 230 g/mol. The van der Waals surface area contributed by atoms with Crippen LogP contribution in [0.15, 0.2) is 24.3 Å². The van der Waals surface area contributed by atoms with Crippen LogP contribution in [0.1, 0.15) is 28.8 Å². The molecule has 1 saturated carbocycles. The molecule has 0 radical (unpaired) electrons. The van der Waals surface area contributed by atoms with Crippen LogP contribution in [0.2, 0.25) is 0 Å². The highest BCUT2D eigenvalue weighted by Crippen LogP contribution is 2.22. The van der Waals surface area contributed by atoms with Crippen LogP contribution >= 0.6 is 0 Å². The van der Waals surface area contributed by atoms with E-state index >= 15 is 0 Å². The molecule has 1 fully saturated rings. The number of carbonyl (C=O) groups excluding carboxylic acids is 2. The molecule has 0 spiro atoms. The molecule has 4 nitrogen and oxygen atoms in total. The number of hydrogen-bond acceptors (Lipinski definition) is 2. The van der Waals surface area contributed by atoms with Crippen molar-refractivity contribution in [2.75, 3.05) is 6.54 Å². The van der Waals surface area contributed by atoms with Crippen LogP contribution in [0.3, 0.4) is 0 Å². The Kier molecular flexibility index (Phi) is 2.35. The second-order valence-corrected chi connectivity index (χ2v) is 4.66. The zero-order valence-electron chi connectivity index (χ0n) is 9.48. The number of nitrogens with one attached hydrogen (secondary N) is 1. The molecule has 1 heterocycles. The van der Waals surface area contributed by atoms with Gasteiger partial charge in [0.25, 0.3) is 5.91 Å². The van der Waals surface area contributed by atoms with E-state index < -0.39 is 0 Å². The van der Waals surface area contributed by atoms with Crippen molar-refractivity contribution in [1.82, 2.24) is 10.2 Å². The monoisotopic (exact) mass is 230 g/mol. The largest absolute Gasteiger partial charge is 0.352 e. The van der Waals surface area contributed by atoms with Crippen molar-refractivity contribution in [2.24, 2.45) is 0 Å². The first kappa shape index (κ1) is 10.3. The van der Waals surface area contributed by atoms with E-state index in [4.69, 9.17) is 0 Å². The van der Waals surface area contributed by atoms with Crippen LogP contribution in [-0.4, -0.2) is 29.3 Å².